The molecule has 0 rings (SSSR count). The normalized spacial score (nSPS) is 7.50. The van der Waals surface area contributed by atoms with Crippen LogP contribution in [0.15, 0.2) is 0 Å². The summed E-state index contributed by atoms with van der Waals surface area (Å²) < 4.78 is 7.28. The summed E-state index contributed by atoms with van der Waals surface area (Å²) >= 11 is 1.67. The van der Waals surface area contributed by atoms with Crippen LogP contribution >= 0.6 is 22.9 Å². The van der Waals surface area contributed by atoms with E-state index in [0.29, 0.717) is 0 Å². The highest BCUT2D eigenvalue weighted by Crippen LogP contribution is 1.55. The van der Waals surface area contributed by atoms with Gasteiger partial charge in [0.15, 0.2) is 1.41 Å². The summed E-state index contributed by atoms with van der Waals surface area (Å²) in [5, 5.41) is 0. The SMILES string of the molecule is [3H]N(I)C#C. The summed E-state index contributed by atoms with van der Waals surface area (Å²) in [7, 11) is 0. The number of rotatable bonds is 0. The molecular weight excluding hydrogens is 165 g/mol. The lowest BCUT2D eigenvalue weighted by atomic mass is 11.2. The van der Waals surface area contributed by atoms with E-state index in [9.17, 15) is 0 Å². The molecule has 0 aromatic rings. The third kappa shape index (κ3) is 2.09. The molecule has 2 heteroatoms. The first-order valence-electron chi connectivity index (χ1n) is 1.13. The highest BCUT2D eigenvalue weighted by molar-refractivity contribution is 14.1. The van der Waals surface area contributed by atoms with Gasteiger partial charge in [0, 0.05) is 6.04 Å². The van der Waals surface area contributed by atoms with Crippen molar-refractivity contribution in [2.24, 2.45) is 0 Å². The van der Waals surface area contributed by atoms with Crippen LogP contribution in [0.5, 0.6) is 0 Å². The van der Waals surface area contributed by atoms with Crippen LogP contribution in [0.4, 0.5) is 0 Å². The molecule has 0 saturated carbocycles. The zero-order valence-electron chi connectivity index (χ0n) is 2.90. The van der Waals surface area contributed by atoms with E-state index in [1.807, 2.05) is 6.04 Å². The van der Waals surface area contributed by atoms with Crippen molar-refractivity contribution in [3.8, 4) is 12.5 Å². The fraction of sp³-hybridized carbons (Fsp3) is 0. The molecular formula is C2H2IN. The first kappa shape index (κ1) is 2.33. The molecule has 0 amide bonds. The Kier molecular flexibility index (Phi) is 1.80. The molecule has 1 nitrogen and oxygen atoms in total. The summed E-state index contributed by atoms with van der Waals surface area (Å²) in [6.07, 6.45) is 4.65. The Balaban J connectivity index is 2.94. The monoisotopic (exact) mass is 169 g/mol. The molecule has 0 aliphatic heterocycles. The van der Waals surface area contributed by atoms with Gasteiger partial charge in [-0.05, 0) is 0 Å². The van der Waals surface area contributed by atoms with E-state index >= 15 is 0 Å². The van der Waals surface area contributed by atoms with Crippen LogP contribution in [-0.4, -0.2) is 0 Å². The molecule has 0 aliphatic rings. The average molecular weight is 169 g/mol. The molecule has 0 atom stereocenters. The first-order chi connectivity index (χ1) is 2.27. The average Bonchev–Trinajstić information content (AvgIpc) is 1.38. The van der Waals surface area contributed by atoms with Crippen molar-refractivity contribution in [2.45, 2.75) is 0 Å². The minimum atomic E-state index is 0.873. The second kappa shape index (κ2) is 3.09. The van der Waals surface area contributed by atoms with Crippen molar-refractivity contribution in [3.05, 3.63) is 0 Å². The van der Waals surface area contributed by atoms with Gasteiger partial charge in [0.25, 0.3) is 0 Å². The van der Waals surface area contributed by atoms with E-state index < -0.39 is 0 Å². The van der Waals surface area contributed by atoms with Gasteiger partial charge in [-0.15, -0.1) is 0 Å². The minimum absolute atomic E-state index is 0.873. The smallest absolute Gasteiger partial charge is 0.183 e. The molecule has 4 heavy (non-hydrogen) atoms. The van der Waals surface area contributed by atoms with E-state index in [4.69, 9.17) is 1.41 Å². The first-order valence-corrected chi connectivity index (χ1v) is 1.65. The number of halogens is 1. The Labute approximate surface area is 40.7 Å². The molecule has 22 valence electrons. The lowest BCUT2D eigenvalue weighted by Gasteiger charge is -1.60. The Morgan fingerprint density at radius 1 is 2.50 bits per heavy atom. The fourth-order valence-electron chi connectivity index (χ4n) is 0. The van der Waals surface area contributed by atoms with Crippen LogP contribution in [0.3, 0.4) is 0 Å². The van der Waals surface area contributed by atoms with E-state index in [-0.39, 0.29) is 0 Å². The van der Waals surface area contributed by atoms with Gasteiger partial charge < -0.3 is 0 Å². The summed E-state index contributed by atoms with van der Waals surface area (Å²) in [5.41, 5.74) is 0. The molecule has 0 heterocycles. The highest BCUT2D eigenvalue weighted by atomic mass is 127. The predicted octanol–water partition coefficient (Wildman–Crippen LogP) is 0.517. The topological polar surface area (TPSA) is 12.0 Å². The van der Waals surface area contributed by atoms with Crippen molar-refractivity contribution in [2.75, 3.05) is 0 Å². The van der Waals surface area contributed by atoms with E-state index in [2.05, 4.69) is 6.42 Å². The Morgan fingerprint density at radius 3 is 2.75 bits per heavy atom. The lowest BCUT2D eigenvalue weighted by Crippen LogP contribution is -1.74. The highest BCUT2D eigenvalue weighted by Gasteiger charge is 1.37. The summed E-state index contributed by atoms with van der Waals surface area (Å²) in [6, 6.07) is 2.01. The van der Waals surface area contributed by atoms with Gasteiger partial charge in [-0.2, -0.15) is 0 Å². The molecule has 0 fully saturated rings. The molecule has 0 radical (unpaired) electrons. The van der Waals surface area contributed by atoms with Crippen molar-refractivity contribution >= 4 is 22.9 Å². The van der Waals surface area contributed by atoms with E-state index in [1.165, 1.54) is 0 Å². The summed E-state index contributed by atoms with van der Waals surface area (Å²) in [6.45, 7) is 0. The second-order valence-corrected chi connectivity index (χ2v) is 0.696. The predicted molar refractivity (Wildman–Crippen MR) is 26.0 cm³/mol. The zero-order valence-corrected chi connectivity index (χ0v) is 4.06. The largest absolute Gasteiger partial charge is 0.288 e. The van der Waals surface area contributed by atoms with Crippen molar-refractivity contribution in [1.29, 1.82) is 0 Å². The Hall–Kier alpha value is 0.0900. The zero-order chi connectivity index (χ0) is 4.28. The van der Waals surface area contributed by atoms with E-state index in [1.54, 1.807) is 22.9 Å². The maximum atomic E-state index is 6.41. The van der Waals surface area contributed by atoms with Crippen LogP contribution < -0.4 is 3.52 Å². The van der Waals surface area contributed by atoms with Crippen LogP contribution in [-0.2, 0) is 0 Å². The van der Waals surface area contributed by atoms with Gasteiger partial charge >= 0.3 is 0 Å². The van der Waals surface area contributed by atoms with E-state index in [0.717, 1.165) is 3.52 Å². The van der Waals surface area contributed by atoms with Crippen LogP contribution in [0, 0.1) is 12.5 Å². The fourth-order valence-corrected chi connectivity index (χ4v) is 0. The van der Waals surface area contributed by atoms with Crippen LogP contribution in [0.25, 0.3) is 0 Å². The third-order valence-corrected chi connectivity index (χ3v) is 0.327. The van der Waals surface area contributed by atoms with Gasteiger partial charge in [-0.25, -0.2) is 0 Å². The van der Waals surface area contributed by atoms with Gasteiger partial charge in [-0.1, -0.05) is 6.42 Å². The Bertz CT molecular complexity index is 55.2. The number of hydrogen-bond donors (Lipinski definition) is 1. The van der Waals surface area contributed by atoms with Gasteiger partial charge in [0.2, 0.25) is 0 Å². The molecule has 0 unspecified atom stereocenters. The summed E-state index contributed by atoms with van der Waals surface area (Å²) in [4.78, 5) is 0. The van der Waals surface area contributed by atoms with Crippen molar-refractivity contribution < 1.29 is 1.41 Å². The molecule has 1 N–H and O–H groups in total. The summed E-state index contributed by atoms with van der Waals surface area (Å²) in [5.74, 6) is 0. The van der Waals surface area contributed by atoms with Gasteiger partial charge in [0.05, 0.1) is 22.9 Å². The van der Waals surface area contributed by atoms with Gasteiger partial charge in [0.1, 0.15) is 0 Å². The third-order valence-electron chi connectivity index (χ3n) is 0.0488. The lowest BCUT2D eigenvalue weighted by molar-refractivity contribution is 1.62. The van der Waals surface area contributed by atoms with Crippen molar-refractivity contribution in [1.82, 2.24) is 3.52 Å². The van der Waals surface area contributed by atoms with Crippen LogP contribution in [0.2, 0.25) is 1.41 Å². The molecule has 0 aliphatic carbocycles. The minimum Gasteiger partial charge on any atom is -0.288 e. The second-order valence-electron chi connectivity index (χ2n) is 0.214. The number of terminal acetylenes is 1. The molecule has 0 bridgehead atoms. The maximum absolute atomic E-state index is 6.41. The van der Waals surface area contributed by atoms with Gasteiger partial charge in [-0.3, -0.25) is 3.52 Å². The quantitative estimate of drug-likeness (QED) is 0.241. The molecule has 0 aromatic heterocycles. The van der Waals surface area contributed by atoms with Crippen molar-refractivity contribution in [3.63, 3.8) is 0 Å². The van der Waals surface area contributed by atoms with Crippen LogP contribution in [0.1, 0.15) is 0 Å². The number of hydrogen-bond acceptors (Lipinski definition) is 1. The molecule has 0 aromatic carbocycles. The molecule has 0 saturated heterocycles. The number of nitrogens with one attached hydrogen (secondary N) is 1. The Morgan fingerprint density at radius 2 is 2.75 bits per heavy atom. The maximum Gasteiger partial charge on any atom is 0.183 e. The molecule has 0 spiro atoms. The standard InChI is InChI=1S/C2H2IN/c1-2-4-3/h1,4H/i/hT.